The number of aliphatic hydroxyl groups excluding tert-OH is 9. The van der Waals surface area contributed by atoms with Crippen LogP contribution in [-0.2, 0) is 56.4 Å². The maximum atomic E-state index is 10.6. The number of ether oxygens (including phenoxy) is 5. The summed E-state index contributed by atoms with van der Waals surface area (Å²) in [5.74, 6) is 2.49. The summed E-state index contributed by atoms with van der Waals surface area (Å²) in [5, 5.41) is 107. The molecule has 11 N–H and O–H groups in total. The number of aromatic hydroxyl groups is 2. The normalized spacial score (nSPS) is 42.4. The maximum absolute atomic E-state index is 10.6. The topological polar surface area (TPSA) is 275 Å². The van der Waals surface area contributed by atoms with Crippen molar-refractivity contribution in [2.24, 2.45) is 11.8 Å². The number of phenolic OH excluding ortho intramolecular Hbond substituents is 2. The molecule has 4 bridgehead atoms. The second-order valence-electron chi connectivity index (χ2n) is 20.0. The third kappa shape index (κ3) is 11.8. The van der Waals surface area contributed by atoms with Gasteiger partial charge in [0.15, 0.2) is 29.3 Å². The number of piperidine rings is 2. The number of hydrogen-bond donors (Lipinski definition) is 11. The first-order valence-electron chi connectivity index (χ1n) is 23.1. The molecule has 4 aliphatic carbocycles. The first-order valence-corrected chi connectivity index (χ1v) is 24.0. The number of phenols is 2. The van der Waals surface area contributed by atoms with Crippen molar-refractivity contribution in [1.82, 2.24) is 9.80 Å². The number of benzene rings is 2. The Morgan fingerprint density at radius 3 is 1.56 bits per heavy atom. The molecule has 10 aliphatic rings. The smallest absolute Gasteiger partial charge is 0.187 e. The standard InChI is InChI=1S/C23H31NO8.C17H21NO3.C6H11BrO5.5Ac.V/c1-24-7-6-23-11-3-5-14(30-22-19(29)18(28)17(27)15(9-25)31-22)21(23)32-20-13(26)4-2-10(16(20)23)8-12(11)24;1-18-7-6-17-10-3-5-13(20)16(17)21-15-12(19)4-2-9(14(15)17)8-11(10)18;7-6-5(11)4(10)3(9)2(1-8)12-6;;;;;;/h2,4,11-12,14-15,17-19,21-22,25-29H,3,5-9H2,1H3;2,4,10-11,13,16,19-20H,3,5-8H2,1H3;2-6,8-11H,1H2;;;;;;/t11-,12?,14-,15+,17+,18-,19+,21-,22?,23?;10-,11?,13-,16-,17?;2-,3-,4+,5-,6+;;;;;;/m001....../s1. The summed E-state index contributed by atoms with van der Waals surface area (Å²) in [6.45, 7) is 1.07. The molecule has 71 heavy (non-hydrogen) atoms. The zero-order valence-corrected chi connectivity index (χ0v) is 66.5. The summed E-state index contributed by atoms with van der Waals surface area (Å²) < 4.78 is 29.4. The molecule has 25 heteroatoms. The van der Waals surface area contributed by atoms with E-state index in [2.05, 4.69) is 45.9 Å². The molecule has 4 saturated heterocycles. The Balaban J connectivity index is 0.000000245. The molecular formula is C46H63Ac5BrN2O16V. The van der Waals surface area contributed by atoms with Crippen LogP contribution in [0.15, 0.2) is 24.3 Å². The van der Waals surface area contributed by atoms with Crippen LogP contribution >= 0.6 is 15.9 Å². The van der Waals surface area contributed by atoms with Gasteiger partial charge < -0.3 is 89.7 Å². The molecule has 2 saturated carbocycles. The number of rotatable bonds is 4. The van der Waals surface area contributed by atoms with Gasteiger partial charge in [-0.1, -0.05) is 28.1 Å². The van der Waals surface area contributed by atoms with E-state index in [9.17, 15) is 46.0 Å². The number of likely N-dealkylation sites (N-methyl/N-ethyl adjacent to an activating group) is 2. The molecule has 12 rings (SSSR count). The van der Waals surface area contributed by atoms with Crippen molar-refractivity contribution in [3.8, 4) is 23.0 Å². The zero-order valence-electron chi connectivity index (χ0n) is 39.8. The third-order valence-electron chi connectivity index (χ3n) is 17.1. The minimum Gasteiger partial charge on any atom is -0.504 e. The Hall–Kier alpha value is 5.35. The van der Waals surface area contributed by atoms with E-state index >= 15 is 0 Å². The van der Waals surface area contributed by atoms with Gasteiger partial charge in [-0.25, -0.2) is 0 Å². The Morgan fingerprint density at radius 2 is 1.06 bits per heavy atom. The van der Waals surface area contributed by atoms with Gasteiger partial charge in [0.2, 0.25) is 0 Å². The molecule has 6 radical (unpaired) electrons. The zero-order chi connectivity index (χ0) is 46.0. The van der Waals surface area contributed by atoms with Crippen molar-refractivity contribution in [3.63, 3.8) is 0 Å². The summed E-state index contributed by atoms with van der Waals surface area (Å²) >= 11 is 2.95. The van der Waals surface area contributed by atoms with E-state index < -0.39 is 85.6 Å². The molecular weight excluding hydrogens is 2100 g/mol. The third-order valence-corrected chi connectivity index (χ3v) is 17.9. The first kappa shape index (κ1) is 68.8. The second-order valence-corrected chi connectivity index (χ2v) is 20.9. The number of alkyl halides is 1. The van der Waals surface area contributed by atoms with Gasteiger partial charge in [-0.05, 0) is 114 Å². The maximum Gasteiger partial charge on any atom is 0.187 e. The van der Waals surface area contributed by atoms with Gasteiger partial charge >= 0.3 is 0 Å². The van der Waals surface area contributed by atoms with Gasteiger partial charge in [-0.2, -0.15) is 0 Å². The summed E-state index contributed by atoms with van der Waals surface area (Å²) in [4.78, 5) is 4.91. The summed E-state index contributed by atoms with van der Waals surface area (Å²) in [6, 6.07) is 8.46. The van der Waals surface area contributed by atoms with Crippen LogP contribution in [0, 0.1) is 232 Å². The SMILES string of the molecule is CN1CCC23c4c5ccc(O)c4O[C@H]2[C@@H](O)CC[C@H]3C1C5.CN1CCC23c4c5ccc(O)c4O[C@H]2[C@@H](OC2O[C@H](CO)[C@@H](O)[C@H](O)[C@H]2O)CC[C@H]3C1C5.OC[C@H]1O[C@H](Br)[C@H](O)[C@@H](O)[C@@H]1O.[Ac].[Ac].[Ac].[Ac].[Ac].[V]. The van der Waals surface area contributed by atoms with Gasteiger partial charge in [0, 0.05) is 273 Å². The predicted molar refractivity (Wildman–Crippen MR) is 231 cm³/mol. The number of likely N-dealkylation sites (tertiary alicyclic amines) is 2. The van der Waals surface area contributed by atoms with Crippen LogP contribution in [0.1, 0.15) is 60.8 Å². The molecule has 2 spiro atoms. The van der Waals surface area contributed by atoms with E-state index in [1.807, 2.05) is 6.07 Å². The van der Waals surface area contributed by atoms with E-state index in [1.54, 1.807) is 12.1 Å². The molecule has 18 nitrogen and oxygen atoms in total. The van der Waals surface area contributed by atoms with Gasteiger partial charge in [-0.15, -0.1) is 0 Å². The largest absolute Gasteiger partial charge is 0.504 e. The molecule has 5 unspecified atom stereocenters. The van der Waals surface area contributed by atoms with Crippen molar-refractivity contribution in [1.29, 1.82) is 0 Å². The van der Waals surface area contributed by atoms with Crippen LogP contribution in [0.2, 0.25) is 0 Å². The Bertz CT molecular complexity index is 2130. The summed E-state index contributed by atoms with van der Waals surface area (Å²) in [5.41, 5.74) is 4.50. The van der Waals surface area contributed by atoms with Crippen molar-refractivity contribution in [2.75, 3.05) is 40.4 Å². The fourth-order valence-corrected chi connectivity index (χ4v) is 14.5. The number of aliphatic hydroxyl groups is 9. The van der Waals surface area contributed by atoms with Crippen LogP contribution in [0.4, 0.5) is 0 Å². The minimum atomic E-state index is -1.49. The van der Waals surface area contributed by atoms with E-state index in [-0.39, 0.29) is 273 Å². The van der Waals surface area contributed by atoms with Gasteiger partial charge in [0.25, 0.3) is 0 Å². The monoisotopic (exact) mass is 2160 g/mol. The number of hydrogen-bond acceptors (Lipinski definition) is 18. The quantitative estimate of drug-likeness (QED) is 0.161. The van der Waals surface area contributed by atoms with Crippen LogP contribution in [0.5, 0.6) is 23.0 Å². The molecule has 6 fully saturated rings. The van der Waals surface area contributed by atoms with E-state index in [4.69, 9.17) is 33.9 Å². The van der Waals surface area contributed by atoms with Crippen molar-refractivity contribution < 1.29 is 319 Å². The Labute approximate surface area is 613 Å². The molecule has 0 amide bonds. The van der Waals surface area contributed by atoms with E-state index in [1.165, 1.54) is 16.7 Å². The van der Waals surface area contributed by atoms with E-state index in [0.717, 1.165) is 63.6 Å². The minimum absolute atomic E-state index is 0. The second kappa shape index (κ2) is 27.8. The average Bonchev–Trinajstić information content (AvgIpc) is 3.85. The number of nitrogens with zero attached hydrogens (tertiary/aromatic N) is 2. The first-order chi connectivity index (χ1) is 31.1. The van der Waals surface area contributed by atoms with Gasteiger partial charge in [0.05, 0.1) is 25.4 Å². The fraction of sp³-hybridized carbons (Fsp3) is 0.739. The molecule has 6 heterocycles. The molecule has 2 aromatic rings. The molecule has 6 aliphatic heterocycles. The molecule has 0 aromatic heterocycles. The molecule has 20 atom stereocenters. The van der Waals surface area contributed by atoms with Gasteiger partial charge in [0.1, 0.15) is 66.1 Å². The summed E-state index contributed by atoms with van der Waals surface area (Å²) in [6.07, 6.45) is -5.20. The summed E-state index contributed by atoms with van der Waals surface area (Å²) in [7, 11) is 4.39. The number of halogens is 1. The van der Waals surface area contributed by atoms with Crippen molar-refractivity contribution in [2.45, 2.75) is 159 Å². The predicted octanol–water partition coefficient (Wildman–Crippen LogP) is -1.15. The Morgan fingerprint density at radius 1 is 0.606 bits per heavy atom. The van der Waals surface area contributed by atoms with Crippen molar-refractivity contribution >= 4 is 15.9 Å². The van der Waals surface area contributed by atoms with Crippen LogP contribution in [0.3, 0.4) is 0 Å². The van der Waals surface area contributed by atoms with Crippen LogP contribution < -0.4 is 9.47 Å². The van der Waals surface area contributed by atoms with E-state index in [0.29, 0.717) is 41.8 Å². The van der Waals surface area contributed by atoms with Gasteiger partial charge in [-0.3, -0.25) is 0 Å². The molecule has 2 aromatic carbocycles. The van der Waals surface area contributed by atoms with Crippen molar-refractivity contribution in [3.05, 3.63) is 46.5 Å². The Kier molecular flexibility index (Phi) is 27.0. The van der Waals surface area contributed by atoms with Crippen LogP contribution in [0.25, 0.3) is 0 Å². The average molecular weight is 2170 g/mol. The van der Waals surface area contributed by atoms with Crippen LogP contribution in [-0.4, -0.2) is 203 Å². The fourth-order valence-electron chi connectivity index (χ4n) is 13.9. The molecule has 380 valence electrons.